The number of hydrogen-bond donors (Lipinski definition) is 2. The van der Waals surface area contributed by atoms with Crippen molar-refractivity contribution in [2.45, 2.75) is 36.6 Å². The van der Waals surface area contributed by atoms with Crippen molar-refractivity contribution in [3.8, 4) is 0 Å². The number of benzene rings is 1. The average Bonchev–Trinajstić information content (AvgIpc) is 3.28. The molecule has 1 amide bonds. The Labute approximate surface area is 118 Å². The third-order valence-corrected chi connectivity index (χ3v) is 4.93. The number of anilines is 1. The molecule has 0 unspecified atom stereocenters. The molecule has 0 aromatic heterocycles. The summed E-state index contributed by atoms with van der Waals surface area (Å²) in [7, 11) is 0. The van der Waals surface area contributed by atoms with Gasteiger partial charge in [0.2, 0.25) is 5.91 Å². The average molecular weight is 276 g/mol. The quantitative estimate of drug-likeness (QED) is 0.753. The Hall–Kier alpha value is -1.16. The maximum atomic E-state index is 10.9. The number of hydrogen-bond acceptors (Lipinski definition) is 3. The molecule has 0 heterocycles. The first-order valence-corrected chi connectivity index (χ1v) is 7.99. The first-order chi connectivity index (χ1) is 9.24. The maximum Gasteiger partial charge on any atom is 0.227 e. The Morgan fingerprint density at radius 1 is 1.26 bits per heavy atom. The zero-order valence-corrected chi connectivity index (χ0v) is 11.8. The van der Waals surface area contributed by atoms with Gasteiger partial charge in [0.1, 0.15) is 0 Å². The molecule has 0 spiro atoms. The maximum absolute atomic E-state index is 10.9. The first kappa shape index (κ1) is 12.9. The third kappa shape index (κ3) is 3.44. The summed E-state index contributed by atoms with van der Waals surface area (Å²) in [6.07, 6.45) is 5.46. The van der Waals surface area contributed by atoms with Gasteiger partial charge in [0.15, 0.2) is 0 Å². The number of primary amides is 1. The molecule has 3 N–H and O–H groups in total. The molecule has 102 valence electrons. The van der Waals surface area contributed by atoms with Crippen LogP contribution >= 0.6 is 11.8 Å². The molecule has 0 aliphatic heterocycles. The van der Waals surface area contributed by atoms with Crippen LogP contribution in [0.2, 0.25) is 0 Å². The molecule has 4 heteroatoms. The third-order valence-electron chi connectivity index (χ3n) is 3.84. The second-order valence-corrected chi connectivity index (χ2v) is 6.61. The smallest absolute Gasteiger partial charge is 0.227 e. The van der Waals surface area contributed by atoms with E-state index in [4.69, 9.17) is 5.73 Å². The van der Waals surface area contributed by atoms with Crippen molar-refractivity contribution in [2.24, 2.45) is 17.6 Å². The number of nitrogens with two attached hydrogens (primary N) is 1. The molecule has 0 bridgehead atoms. The second kappa shape index (κ2) is 5.45. The predicted molar refractivity (Wildman–Crippen MR) is 79.2 cm³/mol. The van der Waals surface area contributed by atoms with Gasteiger partial charge in [0, 0.05) is 16.6 Å². The summed E-state index contributed by atoms with van der Waals surface area (Å²) < 4.78 is 0. The minimum absolute atomic E-state index is 0.263. The normalized spacial score (nSPS) is 18.6. The van der Waals surface area contributed by atoms with Crippen LogP contribution in [0.5, 0.6) is 0 Å². The van der Waals surface area contributed by atoms with Crippen LogP contribution in [0.3, 0.4) is 0 Å². The zero-order chi connectivity index (χ0) is 13.2. The lowest BCUT2D eigenvalue weighted by atomic mass is 10.1. The van der Waals surface area contributed by atoms with Crippen molar-refractivity contribution in [3.63, 3.8) is 0 Å². The fraction of sp³-hybridized carbons (Fsp3) is 0.533. The molecule has 2 aliphatic carbocycles. The van der Waals surface area contributed by atoms with E-state index in [1.54, 1.807) is 0 Å². The van der Waals surface area contributed by atoms with Crippen molar-refractivity contribution in [1.82, 2.24) is 0 Å². The molecule has 2 fully saturated rings. The van der Waals surface area contributed by atoms with Gasteiger partial charge in [0.05, 0.1) is 5.75 Å². The summed E-state index contributed by atoms with van der Waals surface area (Å²) in [5, 5.41) is 3.72. The zero-order valence-electron chi connectivity index (χ0n) is 11.0. The van der Waals surface area contributed by atoms with E-state index in [0.29, 0.717) is 11.8 Å². The Kier molecular flexibility index (Phi) is 3.69. The van der Waals surface area contributed by atoms with Crippen molar-refractivity contribution >= 4 is 23.4 Å². The molecule has 0 radical (unpaired) electrons. The molecule has 3 rings (SSSR count). The highest BCUT2D eigenvalue weighted by Crippen LogP contribution is 2.46. The molecule has 19 heavy (non-hydrogen) atoms. The van der Waals surface area contributed by atoms with Crippen LogP contribution in [-0.4, -0.2) is 17.7 Å². The van der Waals surface area contributed by atoms with Gasteiger partial charge >= 0.3 is 0 Å². The summed E-state index contributed by atoms with van der Waals surface area (Å²) in [6, 6.07) is 8.87. The summed E-state index contributed by atoms with van der Waals surface area (Å²) in [4.78, 5) is 12.1. The Morgan fingerprint density at radius 2 is 1.89 bits per heavy atom. The predicted octanol–water partition coefficient (Wildman–Crippen LogP) is 2.86. The van der Waals surface area contributed by atoms with Crippen molar-refractivity contribution in [1.29, 1.82) is 0 Å². The van der Waals surface area contributed by atoms with Crippen LogP contribution in [-0.2, 0) is 4.79 Å². The monoisotopic (exact) mass is 276 g/mol. The molecule has 1 aromatic carbocycles. The van der Waals surface area contributed by atoms with Gasteiger partial charge in [0.25, 0.3) is 0 Å². The Balaban J connectivity index is 1.69. The highest BCUT2D eigenvalue weighted by atomic mass is 32.2. The van der Waals surface area contributed by atoms with E-state index < -0.39 is 0 Å². The SMILES string of the molecule is NC(=O)CSc1ccccc1NC(C1CC1)C1CC1. The van der Waals surface area contributed by atoms with E-state index in [0.717, 1.165) is 22.4 Å². The van der Waals surface area contributed by atoms with E-state index in [1.165, 1.54) is 37.4 Å². The van der Waals surface area contributed by atoms with Crippen LogP contribution in [0.1, 0.15) is 25.7 Å². The molecule has 3 nitrogen and oxygen atoms in total. The van der Waals surface area contributed by atoms with Crippen molar-refractivity contribution < 1.29 is 4.79 Å². The van der Waals surface area contributed by atoms with Gasteiger partial charge in [-0.2, -0.15) is 0 Å². The van der Waals surface area contributed by atoms with E-state index in [-0.39, 0.29) is 5.91 Å². The Bertz CT molecular complexity index is 457. The number of carbonyl (C=O) groups is 1. The van der Waals surface area contributed by atoms with Gasteiger partial charge in [-0.1, -0.05) is 12.1 Å². The minimum atomic E-state index is -0.263. The van der Waals surface area contributed by atoms with E-state index in [2.05, 4.69) is 17.4 Å². The van der Waals surface area contributed by atoms with Gasteiger partial charge in [-0.05, 0) is 49.7 Å². The lowest BCUT2D eigenvalue weighted by Crippen LogP contribution is -2.24. The molecule has 2 aliphatic rings. The number of nitrogens with one attached hydrogen (secondary N) is 1. The standard InChI is InChI=1S/C15H20N2OS/c16-14(18)9-19-13-4-2-1-3-12(13)17-15(10-5-6-10)11-7-8-11/h1-4,10-11,15,17H,5-9H2,(H2,16,18). The molecule has 1 aromatic rings. The van der Waals surface area contributed by atoms with Gasteiger partial charge in [-0.15, -0.1) is 11.8 Å². The molecule has 0 atom stereocenters. The summed E-state index contributed by atoms with van der Waals surface area (Å²) >= 11 is 1.52. The molecule has 2 saturated carbocycles. The van der Waals surface area contributed by atoms with Crippen molar-refractivity contribution in [2.75, 3.05) is 11.1 Å². The van der Waals surface area contributed by atoms with Crippen molar-refractivity contribution in [3.05, 3.63) is 24.3 Å². The van der Waals surface area contributed by atoms with Crippen LogP contribution in [0.15, 0.2) is 29.2 Å². The number of para-hydroxylation sites is 1. The van der Waals surface area contributed by atoms with E-state index in [1.807, 2.05) is 12.1 Å². The van der Waals surface area contributed by atoms with Crippen LogP contribution in [0, 0.1) is 11.8 Å². The largest absolute Gasteiger partial charge is 0.381 e. The van der Waals surface area contributed by atoms with Gasteiger partial charge in [-0.25, -0.2) is 0 Å². The lowest BCUT2D eigenvalue weighted by Gasteiger charge is -2.21. The highest BCUT2D eigenvalue weighted by Gasteiger charge is 2.41. The molecular weight excluding hydrogens is 256 g/mol. The highest BCUT2D eigenvalue weighted by molar-refractivity contribution is 8.00. The van der Waals surface area contributed by atoms with Gasteiger partial charge in [-0.3, -0.25) is 4.79 Å². The minimum Gasteiger partial charge on any atom is -0.381 e. The molecule has 0 saturated heterocycles. The Morgan fingerprint density at radius 3 is 2.47 bits per heavy atom. The summed E-state index contributed by atoms with van der Waals surface area (Å²) in [6.45, 7) is 0. The topological polar surface area (TPSA) is 55.1 Å². The van der Waals surface area contributed by atoms with E-state index in [9.17, 15) is 4.79 Å². The van der Waals surface area contributed by atoms with Crippen LogP contribution in [0.4, 0.5) is 5.69 Å². The second-order valence-electron chi connectivity index (χ2n) is 5.60. The number of amides is 1. The first-order valence-electron chi connectivity index (χ1n) is 7.00. The van der Waals surface area contributed by atoms with Gasteiger partial charge < -0.3 is 11.1 Å². The van der Waals surface area contributed by atoms with Crippen LogP contribution in [0.25, 0.3) is 0 Å². The summed E-state index contributed by atoms with van der Waals surface area (Å²) in [5.74, 6) is 1.81. The van der Waals surface area contributed by atoms with E-state index >= 15 is 0 Å². The number of rotatable bonds is 7. The fourth-order valence-electron chi connectivity index (χ4n) is 2.57. The summed E-state index contributed by atoms with van der Waals surface area (Å²) in [5.41, 5.74) is 6.39. The molecular formula is C15H20N2OS. The van der Waals surface area contributed by atoms with Crippen LogP contribution < -0.4 is 11.1 Å². The fourth-order valence-corrected chi connectivity index (χ4v) is 3.33. The number of thioether (sulfide) groups is 1. The number of carbonyl (C=O) groups excluding carboxylic acids is 1. The lowest BCUT2D eigenvalue weighted by molar-refractivity contribution is -0.115.